The van der Waals surface area contributed by atoms with Gasteiger partial charge in [-0.15, -0.1) is 0 Å². The second-order valence-electron chi connectivity index (χ2n) is 19.6. The van der Waals surface area contributed by atoms with E-state index in [1.54, 1.807) is 30.5 Å². The van der Waals surface area contributed by atoms with E-state index in [1.165, 1.54) is 10.1 Å². The van der Waals surface area contributed by atoms with Crippen molar-refractivity contribution in [3.05, 3.63) is 192 Å². The molecule has 0 spiro atoms. The molecule has 7 aromatic carbocycles. The lowest BCUT2D eigenvalue weighted by Gasteiger charge is -2.27. The number of benzene rings is 7. The van der Waals surface area contributed by atoms with E-state index in [9.17, 15) is 5.11 Å². The summed E-state index contributed by atoms with van der Waals surface area (Å²) in [5.74, 6) is -1.77. The lowest BCUT2D eigenvalue weighted by Crippen LogP contribution is -2.17. The van der Waals surface area contributed by atoms with Crippen LogP contribution in [0.5, 0.6) is 5.75 Å². The minimum atomic E-state index is -4.15. The Balaban J connectivity index is 1.47. The molecule has 4 nitrogen and oxygen atoms in total. The standard InChI is InChI=1S/C64H65N3O/c1-61(2,3)48-29-26-42(27-30-48)45-32-33-65-55(38-45)47-34-46(35-49(36-47)62(4,5)6)51-24-19-25-57-58(51)66-60(53-39-50(63(7,8)9)40-54(59(53)68)64(10,11)12)67(57)56-31-28-44(41-20-15-13-16-21-41)37-52(56)43-22-17-14-18-23-43/h13-40,68H,1-12H3/i7D3,8D3,9D3,10D3,11D3,12D3. The first-order valence-electron chi connectivity index (χ1n) is 31.5. The summed E-state index contributed by atoms with van der Waals surface area (Å²) < 4.78 is 160. The van der Waals surface area contributed by atoms with Crippen LogP contribution in [0.1, 0.15) is 130 Å². The molecule has 2 heterocycles. The highest BCUT2D eigenvalue weighted by atomic mass is 16.3. The third kappa shape index (κ3) is 9.05. The number of phenols is 1. The van der Waals surface area contributed by atoms with Crippen molar-refractivity contribution in [1.29, 1.82) is 0 Å². The van der Waals surface area contributed by atoms with Crippen LogP contribution in [0.3, 0.4) is 0 Å². The summed E-state index contributed by atoms with van der Waals surface area (Å²) >= 11 is 0. The topological polar surface area (TPSA) is 50.9 Å². The van der Waals surface area contributed by atoms with Gasteiger partial charge in [-0.05, 0) is 120 Å². The molecule has 0 amide bonds. The van der Waals surface area contributed by atoms with Gasteiger partial charge in [0.25, 0.3) is 0 Å². The van der Waals surface area contributed by atoms with Crippen LogP contribution in [0.2, 0.25) is 0 Å². The zero-order valence-electron chi connectivity index (χ0n) is 57.0. The van der Waals surface area contributed by atoms with Crippen molar-refractivity contribution in [2.45, 2.75) is 104 Å². The lowest BCUT2D eigenvalue weighted by atomic mass is 9.79. The monoisotopic (exact) mass is 910 g/mol. The number of para-hydroxylation sites is 1. The molecule has 0 aliphatic rings. The van der Waals surface area contributed by atoms with Crippen LogP contribution in [-0.2, 0) is 21.7 Å². The van der Waals surface area contributed by atoms with Crippen LogP contribution >= 0.6 is 0 Å². The minimum absolute atomic E-state index is 0.0639. The smallest absolute Gasteiger partial charge is 0.149 e. The Morgan fingerprint density at radius 1 is 0.441 bits per heavy atom. The second-order valence-corrected chi connectivity index (χ2v) is 19.6. The number of hydrogen-bond donors (Lipinski definition) is 1. The van der Waals surface area contributed by atoms with Crippen molar-refractivity contribution in [2.24, 2.45) is 0 Å². The van der Waals surface area contributed by atoms with E-state index < -0.39 is 85.6 Å². The van der Waals surface area contributed by atoms with Gasteiger partial charge in [0, 0.05) is 53.1 Å². The maximum Gasteiger partial charge on any atom is 0.149 e. The van der Waals surface area contributed by atoms with Crippen molar-refractivity contribution in [1.82, 2.24) is 14.5 Å². The van der Waals surface area contributed by atoms with Crippen molar-refractivity contribution in [3.8, 4) is 78.6 Å². The number of rotatable bonds is 7. The molecule has 9 rings (SSSR count). The maximum atomic E-state index is 13.1. The van der Waals surface area contributed by atoms with Gasteiger partial charge in [0.15, 0.2) is 0 Å². The predicted octanol–water partition coefficient (Wildman–Crippen LogP) is 17.3. The third-order valence-electron chi connectivity index (χ3n) is 12.6. The van der Waals surface area contributed by atoms with E-state index in [0.29, 0.717) is 39.7 Å². The molecular formula is C64H65N3O. The Morgan fingerprint density at radius 3 is 1.71 bits per heavy atom. The molecule has 0 atom stereocenters. The van der Waals surface area contributed by atoms with E-state index >= 15 is 0 Å². The normalized spacial score (nSPS) is 17.5. The van der Waals surface area contributed by atoms with Gasteiger partial charge < -0.3 is 5.11 Å². The van der Waals surface area contributed by atoms with Crippen molar-refractivity contribution >= 4 is 11.0 Å². The van der Waals surface area contributed by atoms with Gasteiger partial charge in [-0.1, -0.05) is 198 Å². The Bertz CT molecular complexity index is 3920. The molecule has 0 bridgehead atoms. The fourth-order valence-corrected chi connectivity index (χ4v) is 8.75. The molecule has 9 aromatic rings. The van der Waals surface area contributed by atoms with Gasteiger partial charge in [0.2, 0.25) is 0 Å². The van der Waals surface area contributed by atoms with E-state index in [1.807, 2.05) is 103 Å². The first-order chi connectivity index (χ1) is 39.6. The number of imidazole rings is 1. The number of aromatic nitrogens is 3. The molecule has 68 heavy (non-hydrogen) atoms. The number of aromatic hydroxyl groups is 1. The summed E-state index contributed by atoms with van der Waals surface area (Å²) in [6.45, 7) is -12.0. The molecule has 0 aliphatic heterocycles. The Kier molecular flexibility index (Phi) is 7.35. The number of fused-ring (bicyclic) bond motifs is 1. The average molecular weight is 910 g/mol. The van der Waals surface area contributed by atoms with Crippen molar-refractivity contribution in [2.75, 3.05) is 0 Å². The minimum Gasteiger partial charge on any atom is -0.507 e. The quantitative estimate of drug-likeness (QED) is 0.173. The van der Waals surface area contributed by atoms with E-state index in [0.717, 1.165) is 39.4 Å². The predicted molar refractivity (Wildman–Crippen MR) is 288 cm³/mol. The van der Waals surface area contributed by atoms with E-state index in [4.69, 9.17) is 34.6 Å². The molecule has 4 heteroatoms. The molecule has 342 valence electrons. The summed E-state index contributed by atoms with van der Waals surface area (Å²) in [7, 11) is 0. The zero-order chi connectivity index (χ0) is 63.3. The number of hydrogen-bond acceptors (Lipinski definition) is 3. The molecule has 0 aliphatic carbocycles. The summed E-state index contributed by atoms with van der Waals surface area (Å²) in [6, 6.07) is 48.5. The molecule has 0 saturated heterocycles. The number of pyridine rings is 1. The zero-order valence-corrected chi connectivity index (χ0v) is 39.0. The number of phenolic OH excluding ortho intramolecular Hbond substituents is 1. The van der Waals surface area contributed by atoms with Gasteiger partial charge in [-0.3, -0.25) is 9.55 Å². The first kappa shape index (κ1) is 29.0. The maximum absolute atomic E-state index is 13.1. The lowest BCUT2D eigenvalue weighted by molar-refractivity contribution is 0.446. The molecule has 0 saturated carbocycles. The van der Waals surface area contributed by atoms with E-state index in [2.05, 4.69) is 65.8 Å². The van der Waals surface area contributed by atoms with Gasteiger partial charge in [0.1, 0.15) is 11.6 Å². The summed E-state index contributed by atoms with van der Waals surface area (Å²) in [4.78, 5) is 10.1. The van der Waals surface area contributed by atoms with Gasteiger partial charge >= 0.3 is 0 Å². The highest BCUT2D eigenvalue weighted by Gasteiger charge is 2.30. The molecular weight excluding hydrogens is 827 g/mol. The van der Waals surface area contributed by atoms with Crippen LogP contribution in [-0.4, -0.2) is 19.6 Å². The van der Waals surface area contributed by atoms with Crippen LogP contribution in [0, 0.1) is 0 Å². The molecule has 2 aromatic heterocycles. The molecule has 0 radical (unpaired) electrons. The Labute approximate surface area is 429 Å². The van der Waals surface area contributed by atoms with Gasteiger partial charge in [0.05, 0.1) is 28.0 Å². The highest BCUT2D eigenvalue weighted by Crippen LogP contribution is 2.46. The largest absolute Gasteiger partial charge is 0.507 e. The highest BCUT2D eigenvalue weighted by molar-refractivity contribution is 5.98. The Hall–Kier alpha value is -7.04. The molecule has 1 N–H and O–H groups in total. The third-order valence-corrected chi connectivity index (χ3v) is 12.6. The van der Waals surface area contributed by atoms with Gasteiger partial charge in [-0.25, -0.2) is 4.98 Å². The fraction of sp³-hybridized carbons (Fsp3) is 0.250. The molecule has 0 unspecified atom stereocenters. The van der Waals surface area contributed by atoms with E-state index in [-0.39, 0.29) is 16.4 Å². The van der Waals surface area contributed by atoms with Crippen LogP contribution in [0.15, 0.2) is 170 Å². The number of nitrogens with zero attached hydrogens (tertiary/aromatic N) is 3. The molecule has 0 fully saturated rings. The van der Waals surface area contributed by atoms with Crippen LogP contribution in [0.25, 0.3) is 83.9 Å². The van der Waals surface area contributed by atoms with Crippen molar-refractivity contribution in [3.63, 3.8) is 0 Å². The summed E-state index contributed by atoms with van der Waals surface area (Å²) in [5, 5.41) is 13.1. The SMILES string of the molecule is [2H]C([2H])([2H])C(c1cc(-c2nc3c(-c4cc(-c5cc(-c6ccc(C(C)(C)C)cc6)ccn5)cc(C(C)(C)C)c4)cccc3n2-c2ccc(-c3ccccc3)cc2-c2ccccc2)c(O)c(C(C([2H])([2H])[2H])(C([2H])([2H])[2H])C([2H])([2H])[2H])c1)(C([2H])([2H])[2H])C([2H])([2H])[2H]. The van der Waals surface area contributed by atoms with Crippen molar-refractivity contribution < 1.29 is 29.8 Å². The van der Waals surface area contributed by atoms with Crippen LogP contribution in [0.4, 0.5) is 0 Å². The van der Waals surface area contributed by atoms with Crippen LogP contribution < -0.4 is 0 Å². The average Bonchev–Trinajstić information content (AvgIpc) is 0.784. The summed E-state index contributed by atoms with van der Waals surface area (Å²) in [6.07, 6.45) is 1.74. The Morgan fingerprint density at radius 2 is 1.04 bits per heavy atom. The summed E-state index contributed by atoms with van der Waals surface area (Å²) in [5.41, 5.74) is -2.32. The first-order valence-corrected chi connectivity index (χ1v) is 22.5. The fourth-order valence-electron chi connectivity index (χ4n) is 8.75. The van der Waals surface area contributed by atoms with Gasteiger partial charge in [-0.2, -0.15) is 0 Å². The second kappa shape index (κ2) is 17.2.